The fraction of sp³-hybridized carbons (Fsp3) is 0.238. The number of aromatic nitrogens is 3. The van der Waals surface area contributed by atoms with Gasteiger partial charge in [0.1, 0.15) is 23.1 Å². The van der Waals surface area contributed by atoms with Crippen LogP contribution in [0.1, 0.15) is 23.3 Å². The number of ether oxygens (including phenoxy) is 1. The zero-order chi connectivity index (χ0) is 20.7. The van der Waals surface area contributed by atoms with Crippen molar-refractivity contribution in [3.8, 4) is 5.19 Å². The van der Waals surface area contributed by atoms with E-state index in [0.29, 0.717) is 47.0 Å². The number of likely N-dealkylation sites (tertiary alicyclic amines) is 1. The molecule has 0 aliphatic carbocycles. The van der Waals surface area contributed by atoms with Crippen LogP contribution >= 0.6 is 11.3 Å². The maximum Gasteiger partial charge on any atom is 0.274 e. The summed E-state index contributed by atoms with van der Waals surface area (Å²) in [5.74, 6) is -1.50. The third-order valence-corrected chi connectivity index (χ3v) is 5.95. The van der Waals surface area contributed by atoms with Gasteiger partial charge in [0.15, 0.2) is 5.82 Å². The summed E-state index contributed by atoms with van der Waals surface area (Å²) in [6.07, 6.45) is 2.58. The monoisotopic (exact) mass is 426 g/mol. The quantitative estimate of drug-likeness (QED) is 0.491. The lowest BCUT2D eigenvalue weighted by Crippen LogP contribution is -2.42. The predicted octanol–water partition coefficient (Wildman–Crippen LogP) is 4.20. The minimum atomic E-state index is -0.701. The standard InChI is InChI=1S/C21H16F2N4O2S/c22-12-9-14(23)19-18(10-12)30-21(26-19)29-13-5-7-27(8-6-13)20(28)17-11-24-15-3-1-2-4-16(15)25-17/h1-4,9-11,13H,5-8H2. The van der Waals surface area contributed by atoms with Gasteiger partial charge in [-0.2, -0.15) is 4.98 Å². The number of para-hydroxylation sites is 2. The van der Waals surface area contributed by atoms with Gasteiger partial charge in [-0.25, -0.2) is 13.8 Å². The predicted molar refractivity (Wildman–Crippen MR) is 109 cm³/mol. The van der Waals surface area contributed by atoms with Crippen LogP contribution in [0.15, 0.2) is 42.6 Å². The number of rotatable bonds is 3. The van der Waals surface area contributed by atoms with Gasteiger partial charge in [0.25, 0.3) is 11.1 Å². The molecule has 5 rings (SSSR count). The first-order valence-corrected chi connectivity index (χ1v) is 10.3. The van der Waals surface area contributed by atoms with Crippen molar-refractivity contribution in [2.75, 3.05) is 13.1 Å². The van der Waals surface area contributed by atoms with Crippen molar-refractivity contribution in [1.82, 2.24) is 19.9 Å². The third-order valence-electron chi connectivity index (χ3n) is 5.06. The average molecular weight is 426 g/mol. The van der Waals surface area contributed by atoms with Crippen molar-refractivity contribution in [2.45, 2.75) is 18.9 Å². The number of hydrogen-bond acceptors (Lipinski definition) is 6. The Morgan fingerprint density at radius 1 is 1.10 bits per heavy atom. The van der Waals surface area contributed by atoms with Crippen molar-refractivity contribution < 1.29 is 18.3 Å². The van der Waals surface area contributed by atoms with E-state index in [1.165, 1.54) is 12.3 Å². The second kappa shape index (κ2) is 7.56. The second-order valence-corrected chi connectivity index (χ2v) is 8.06. The number of benzene rings is 2. The van der Waals surface area contributed by atoms with Crippen molar-refractivity contribution in [1.29, 1.82) is 0 Å². The number of carbonyl (C=O) groups is 1. The van der Waals surface area contributed by atoms with Crippen LogP contribution in [0.2, 0.25) is 0 Å². The molecule has 3 heterocycles. The van der Waals surface area contributed by atoms with Gasteiger partial charge in [0.05, 0.1) is 21.9 Å². The molecule has 1 aliphatic rings. The molecule has 2 aromatic heterocycles. The molecule has 152 valence electrons. The van der Waals surface area contributed by atoms with Crippen LogP contribution in [0.5, 0.6) is 5.19 Å². The fourth-order valence-corrected chi connectivity index (χ4v) is 4.45. The molecule has 1 saturated heterocycles. The van der Waals surface area contributed by atoms with Crippen LogP contribution in [0.25, 0.3) is 21.3 Å². The van der Waals surface area contributed by atoms with E-state index in [9.17, 15) is 13.6 Å². The Hall–Kier alpha value is -3.20. The van der Waals surface area contributed by atoms with Gasteiger partial charge in [-0.05, 0) is 18.2 Å². The summed E-state index contributed by atoms with van der Waals surface area (Å²) in [4.78, 5) is 27.4. The molecule has 9 heteroatoms. The van der Waals surface area contributed by atoms with Crippen molar-refractivity contribution >= 4 is 38.5 Å². The Balaban J connectivity index is 1.24. The van der Waals surface area contributed by atoms with E-state index in [4.69, 9.17) is 4.74 Å². The zero-order valence-electron chi connectivity index (χ0n) is 15.7. The molecule has 1 amide bonds. The lowest BCUT2D eigenvalue weighted by Gasteiger charge is -2.31. The Morgan fingerprint density at radius 3 is 2.67 bits per heavy atom. The van der Waals surface area contributed by atoms with Crippen molar-refractivity contribution in [3.05, 3.63) is 59.9 Å². The summed E-state index contributed by atoms with van der Waals surface area (Å²) in [7, 11) is 0. The Labute approximate surface area is 174 Å². The van der Waals surface area contributed by atoms with Crippen LogP contribution in [0.3, 0.4) is 0 Å². The summed E-state index contributed by atoms with van der Waals surface area (Å²) in [6, 6.07) is 9.46. The molecular weight excluding hydrogens is 410 g/mol. The normalized spacial score (nSPS) is 15.1. The molecule has 0 unspecified atom stereocenters. The number of halogens is 2. The highest BCUT2D eigenvalue weighted by Crippen LogP contribution is 2.32. The molecule has 0 atom stereocenters. The van der Waals surface area contributed by atoms with E-state index in [1.54, 1.807) is 4.90 Å². The summed E-state index contributed by atoms with van der Waals surface area (Å²) >= 11 is 1.11. The number of hydrogen-bond donors (Lipinski definition) is 0. The SMILES string of the molecule is O=C(c1cnc2ccccc2n1)N1CCC(Oc2nc3c(F)cc(F)cc3s2)CC1. The van der Waals surface area contributed by atoms with E-state index in [1.807, 2.05) is 24.3 Å². The minimum absolute atomic E-state index is 0.110. The topological polar surface area (TPSA) is 68.2 Å². The molecule has 0 spiro atoms. The lowest BCUT2D eigenvalue weighted by molar-refractivity contribution is 0.0590. The number of nitrogens with zero attached hydrogens (tertiary/aromatic N) is 4. The summed E-state index contributed by atoms with van der Waals surface area (Å²) in [5, 5.41) is 0.305. The van der Waals surface area contributed by atoms with Crippen LogP contribution in [-0.2, 0) is 0 Å². The molecular formula is C21H16F2N4O2S. The molecule has 0 N–H and O–H groups in total. The lowest BCUT2D eigenvalue weighted by atomic mass is 10.1. The van der Waals surface area contributed by atoms with E-state index >= 15 is 0 Å². The van der Waals surface area contributed by atoms with Crippen LogP contribution in [-0.4, -0.2) is 45.0 Å². The van der Waals surface area contributed by atoms with E-state index in [-0.39, 0.29) is 17.5 Å². The van der Waals surface area contributed by atoms with Gasteiger partial charge in [0, 0.05) is 32.0 Å². The van der Waals surface area contributed by atoms with Gasteiger partial charge in [0.2, 0.25) is 0 Å². The number of fused-ring (bicyclic) bond motifs is 2. The second-order valence-electron chi connectivity index (χ2n) is 7.07. The summed E-state index contributed by atoms with van der Waals surface area (Å²) in [6.45, 7) is 1.01. The van der Waals surface area contributed by atoms with E-state index < -0.39 is 11.6 Å². The van der Waals surface area contributed by atoms with Gasteiger partial charge in [-0.1, -0.05) is 23.5 Å². The number of amides is 1. The Bertz CT molecular complexity index is 1250. The highest BCUT2D eigenvalue weighted by atomic mass is 32.1. The van der Waals surface area contributed by atoms with E-state index in [0.717, 1.165) is 22.9 Å². The molecule has 1 aliphatic heterocycles. The highest BCUT2D eigenvalue weighted by Gasteiger charge is 2.26. The Morgan fingerprint density at radius 2 is 1.87 bits per heavy atom. The molecule has 0 radical (unpaired) electrons. The minimum Gasteiger partial charge on any atom is -0.467 e. The van der Waals surface area contributed by atoms with Crippen LogP contribution in [0.4, 0.5) is 8.78 Å². The number of piperidine rings is 1. The van der Waals surface area contributed by atoms with Crippen LogP contribution < -0.4 is 4.74 Å². The highest BCUT2D eigenvalue weighted by molar-refractivity contribution is 7.20. The molecule has 1 fully saturated rings. The van der Waals surface area contributed by atoms with Crippen molar-refractivity contribution in [2.24, 2.45) is 0 Å². The van der Waals surface area contributed by atoms with Crippen molar-refractivity contribution in [3.63, 3.8) is 0 Å². The van der Waals surface area contributed by atoms with Gasteiger partial charge >= 0.3 is 0 Å². The first-order chi connectivity index (χ1) is 14.6. The molecule has 6 nitrogen and oxygen atoms in total. The van der Waals surface area contributed by atoms with E-state index in [2.05, 4.69) is 15.0 Å². The van der Waals surface area contributed by atoms with Gasteiger partial charge in [-0.15, -0.1) is 0 Å². The Kier molecular flexibility index (Phi) is 4.74. The fourth-order valence-electron chi connectivity index (χ4n) is 3.53. The molecule has 0 saturated carbocycles. The average Bonchev–Trinajstić information content (AvgIpc) is 3.16. The molecule has 4 aromatic rings. The molecule has 30 heavy (non-hydrogen) atoms. The summed E-state index contributed by atoms with van der Waals surface area (Å²) < 4.78 is 33.5. The first-order valence-electron chi connectivity index (χ1n) is 9.50. The number of thiazole rings is 1. The molecule has 2 aromatic carbocycles. The van der Waals surface area contributed by atoms with Gasteiger partial charge in [-0.3, -0.25) is 9.78 Å². The maximum atomic E-state index is 13.8. The number of carbonyl (C=O) groups excluding carboxylic acids is 1. The summed E-state index contributed by atoms with van der Waals surface area (Å²) in [5.41, 5.74) is 1.85. The largest absolute Gasteiger partial charge is 0.467 e. The smallest absolute Gasteiger partial charge is 0.274 e. The first kappa shape index (κ1) is 18.8. The van der Waals surface area contributed by atoms with Crippen LogP contribution in [0, 0.1) is 11.6 Å². The van der Waals surface area contributed by atoms with Gasteiger partial charge < -0.3 is 9.64 Å². The third kappa shape index (κ3) is 3.56. The zero-order valence-corrected chi connectivity index (χ0v) is 16.5. The maximum absolute atomic E-state index is 13.8. The molecule has 0 bridgehead atoms.